The van der Waals surface area contributed by atoms with Gasteiger partial charge in [-0.25, -0.2) is 4.98 Å². The van der Waals surface area contributed by atoms with Gasteiger partial charge in [0.1, 0.15) is 11.2 Å². The number of benzene rings is 1. The summed E-state index contributed by atoms with van der Waals surface area (Å²) in [7, 11) is 4.03. The van der Waals surface area contributed by atoms with Crippen LogP contribution in [0.25, 0.3) is 55.0 Å². The third-order valence-electron chi connectivity index (χ3n) is 5.54. The summed E-state index contributed by atoms with van der Waals surface area (Å²) in [5.41, 5.74) is 7.73. The van der Waals surface area contributed by atoms with Crippen molar-refractivity contribution in [3.8, 4) is 33.1 Å². The Labute approximate surface area is 187 Å². The van der Waals surface area contributed by atoms with Gasteiger partial charge in [-0.05, 0) is 35.2 Å². The van der Waals surface area contributed by atoms with Crippen molar-refractivity contribution in [1.29, 1.82) is 0 Å². The van der Waals surface area contributed by atoms with E-state index in [1.807, 2.05) is 55.9 Å². The highest BCUT2D eigenvalue weighted by Crippen LogP contribution is 2.34. The van der Waals surface area contributed by atoms with E-state index in [1.165, 1.54) is 0 Å². The van der Waals surface area contributed by atoms with E-state index < -0.39 is 0 Å². The summed E-state index contributed by atoms with van der Waals surface area (Å²) in [6.45, 7) is 0. The summed E-state index contributed by atoms with van der Waals surface area (Å²) in [5, 5.41) is 10.8. The zero-order chi connectivity index (χ0) is 21.7. The van der Waals surface area contributed by atoms with Crippen LogP contribution >= 0.6 is 11.3 Å². The van der Waals surface area contributed by atoms with E-state index in [4.69, 9.17) is 4.98 Å². The second kappa shape index (κ2) is 7.28. The number of hydrogen-bond donors (Lipinski definition) is 2. The normalized spacial score (nSPS) is 11.4. The molecule has 1 aromatic carbocycles. The van der Waals surface area contributed by atoms with Gasteiger partial charge in [0, 0.05) is 47.9 Å². The average molecular weight is 438 g/mol. The number of H-pyrrole nitrogens is 2. The largest absolute Gasteiger partial charge is 0.376 e. The van der Waals surface area contributed by atoms with Gasteiger partial charge in [-0.1, -0.05) is 12.1 Å². The molecule has 156 valence electrons. The molecule has 6 aromatic rings. The first-order chi connectivity index (χ1) is 15.7. The van der Waals surface area contributed by atoms with E-state index in [0.29, 0.717) is 0 Å². The SMILES string of the molecule is CN(C)c1cncc(-c2ccc3[nH]nc(-c4nc5c(-c6cccs6)cncc5[nH]4)c3c2)c1. The fraction of sp³-hybridized carbons (Fsp3) is 0.0833. The molecule has 0 aliphatic carbocycles. The van der Waals surface area contributed by atoms with Crippen LogP contribution in [0.2, 0.25) is 0 Å². The van der Waals surface area contributed by atoms with Crippen LogP contribution in [0.1, 0.15) is 0 Å². The molecule has 2 N–H and O–H groups in total. The molecule has 0 saturated carbocycles. The highest BCUT2D eigenvalue weighted by atomic mass is 32.1. The van der Waals surface area contributed by atoms with Crippen molar-refractivity contribution in [1.82, 2.24) is 30.1 Å². The van der Waals surface area contributed by atoms with Gasteiger partial charge >= 0.3 is 0 Å². The Morgan fingerprint density at radius 2 is 1.81 bits per heavy atom. The Kier molecular flexibility index (Phi) is 4.26. The fourth-order valence-corrected chi connectivity index (χ4v) is 4.60. The Morgan fingerprint density at radius 1 is 0.906 bits per heavy atom. The summed E-state index contributed by atoms with van der Waals surface area (Å²) in [6.07, 6.45) is 7.42. The van der Waals surface area contributed by atoms with Crippen LogP contribution in [-0.4, -0.2) is 44.2 Å². The van der Waals surface area contributed by atoms with Crippen molar-refractivity contribution in [3.63, 3.8) is 0 Å². The van der Waals surface area contributed by atoms with E-state index in [1.54, 1.807) is 11.3 Å². The molecule has 5 aromatic heterocycles. The summed E-state index contributed by atoms with van der Waals surface area (Å²) < 4.78 is 0. The van der Waals surface area contributed by atoms with Gasteiger partial charge in [0.2, 0.25) is 0 Å². The van der Waals surface area contributed by atoms with E-state index >= 15 is 0 Å². The van der Waals surface area contributed by atoms with Crippen LogP contribution < -0.4 is 4.90 Å². The molecule has 0 aliphatic heterocycles. The van der Waals surface area contributed by atoms with Crippen LogP contribution in [-0.2, 0) is 0 Å². The molecule has 0 atom stereocenters. The maximum absolute atomic E-state index is 4.91. The summed E-state index contributed by atoms with van der Waals surface area (Å²) >= 11 is 1.68. The Morgan fingerprint density at radius 3 is 2.66 bits per heavy atom. The van der Waals surface area contributed by atoms with Crippen LogP contribution in [0.15, 0.2) is 66.6 Å². The highest BCUT2D eigenvalue weighted by Gasteiger charge is 2.16. The number of fused-ring (bicyclic) bond motifs is 2. The van der Waals surface area contributed by atoms with Crippen LogP contribution in [0.5, 0.6) is 0 Å². The minimum atomic E-state index is 0.717. The van der Waals surface area contributed by atoms with Gasteiger partial charge < -0.3 is 9.88 Å². The van der Waals surface area contributed by atoms with Crippen molar-refractivity contribution in [3.05, 3.63) is 66.6 Å². The first kappa shape index (κ1) is 18.7. The summed E-state index contributed by atoms with van der Waals surface area (Å²) in [4.78, 5) is 20.3. The minimum absolute atomic E-state index is 0.717. The van der Waals surface area contributed by atoms with Crippen molar-refractivity contribution < 1.29 is 0 Å². The molecule has 0 unspecified atom stereocenters. The number of imidazole rings is 1. The topological polar surface area (TPSA) is 86.4 Å². The predicted octanol–water partition coefficient (Wildman–Crippen LogP) is 5.36. The zero-order valence-electron chi connectivity index (χ0n) is 17.5. The minimum Gasteiger partial charge on any atom is -0.376 e. The molecule has 0 saturated heterocycles. The van der Waals surface area contributed by atoms with Crippen LogP contribution in [0, 0.1) is 0 Å². The number of aromatic nitrogens is 6. The van der Waals surface area contributed by atoms with E-state index in [2.05, 4.69) is 54.8 Å². The molecular weight excluding hydrogens is 418 g/mol. The van der Waals surface area contributed by atoms with Crippen LogP contribution in [0.4, 0.5) is 5.69 Å². The number of nitrogens with one attached hydrogen (secondary N) is 2. The number of anilines is 1. The van der Waals surface area contributed by atoms with Crippen molar-refractivity contribution in [2.75, 3.05) is 19.0 Å². The first-order valence-corrected chi connectivity index (χ1v) is 11.0. The number of hydrogen-bond acceptors (Lipinski definition) is 6. The van der Waals surface area contributed by atoms with Gasteiger partial charge in [-0.3, -0.25) is 15.1 Å². The van der Waals surface area contributed by atoms with Crippen LogP contribution in [0.3, 0.4) is 0 Å². The molecule has 0 fully saturated rings. The molecule has 8 heteroatoms. The van der Waals surface area contributed by atoms with E-state index in [9.17, 15) is 0 Å². The molecule has 7 nitrogen and oxygen atoms in total. The number of aromatic amines is 2. The standard InChI is InChI=1S/C24H19N7S/c1-31(2)16-8-15(10-25-11-16)14-5-6-19-17(9-14)23(30-29-19)24-27-20-13-26-12-18(22(20)28-24)21-4-3-7-32-21/h3-13H,1-2H3,(H,27,28)(H,29,30). The van der Waals surface area contributed by atoms with Gasteiger partial charge in [0.25, 0.3) is 0 Å². The first-order valence-electron chi connectivity index (χ1n) is 10.2. The Balaban J connectivity index is 1.49. The second-order valence-electron chi connectivity index (χ2n) is 7.80. The van der Waals surface area contributed by atoms with Crippen molar-refractivity contribution in [2.45, 2.75) is 0 Å². The number of pyridine rings is 2. The molecule has 0 aliphatic rings. The van der Waals surface area contributed by atoms with E-state index in [-0.39, 0.29) is 0 Å². The molecule has 0 radical (unpaired) electrons. The lowest BCUT2D eigenvalue weighted by atomic mass is 10.0. The zero-order valence-corrected chi connectivity index (χ0v) is 18.3. The summed E-state index contributed by atoms with van der Waals surface area (Å²) in [6, 6.07) is 12.5. The average Bonchev–Trinajstić information content (AvgIpc) is 3.57. The lowest BCUT2D eigenvalue weighted by molar-refractivity contribution is 1.11. The number of thiophene rings is 1. The molecule has 0 spiro atoms. The quantitative estimate of drug-likeness (QED) is 0.388. The molecule has 5 heterocycles. The molecule has 0 bridgehead atoms. The van der Waals surface area contributed by atoms with Gasteiger partial charge in [0.15, 0.2) is 5.82 Å². The molecule has 32 heavy (non-hydrogen) atoms. The molecular formula is C24H19N7S. The fourth-order valence-electron chi connectivity index (χ4n) is 3.86. The third-order valence-corrected chi connectivity index (χ3v) is 6.44. The lowest BCUT2D eigenvalue weighted by Gasteiger charge is -2.13. The lowest BCUT2D eigenvalue weighted by Crippen LogP contribution is -2.08. The maximum atomic E-state index is 4.91. The Bertz CT molecular complexity index is 1560. The van der Waals surface area contributed by atoms with Crippen molar-refractivity contribution in [2.24, 2.45) is 0 Å². The number of nitrogens with zero attached hydrogens (tertiary/aromatic N) is 5. The monoisotopic (exact) mass is 437 g/mol. The maximum Gasteiger partial charge on any atom is 0.159 e. The smallest absolute Gasteiger partial charge is 0.159 e. The van der Waals surface area contributed by atoms with Gasteiger partial charge in [-0.2, -0.15) is 5.10 Å². The van der Waals surface area contributed by atoms with Crippen molar-refractivity contribution >= 4 is 39.0 Å². The van der Waals surface area contributed by atoms with Gasteiger partial charge in [0.05, 0.1) is 29.1 Å². The summed E-state index contributed by atoms with van der Waals surface area (Å²) in [5.74, 6) is 0.717. The van der Waals surface area contributed by atoms with Gasteiger partial charge in [-0.15, -0.1) is 11.3 Å². The number of rotatable bonds is 4. The molecule has 0 amide bonds. The predicted molar refractivity (Wildman–Crippen MR) is 130 cm³/mol. The molecule has 6 rings (SSSR count). The highest BCUT2D eigenvalue weighted by molar-refractivity contribution is 7.13. The second-order valence-corrected chi connectivity index (χ2v) is 8.75. The van der Waals surface area contributed by atoms with E-state index in [0.717, 1.165) is 60.7 Å². The third kappa shape index (κ3) is 3.04. The Hall–Kier alpha value is -4.04.